The maximum Gasteiger partial charge on any atom is 0.223 e. The Hall–Kier alpha value is -2.37. The number of hydrogen-bond acceptors (Lipinski definition) is 4. The number of carbonyl (C=O) groups is 2. The van der Waals surface area contributed by atoms with E-state index in [1.165, 1.54) is 12.1 Å². The van der Waals surface area contributed by atoms with Crippen LogP contribution >= 0.6 is 0 Å². The molecule has 6 heteroatoms. The molecule has 0 aliphatic heterocycles. The summed E-state index contributed by atoms with van der Waals surface area (Å²) in [4.78, 5) is 27.4. The van der Waals surface area contributed by atoms with E-state index in [9.17, 15) is 14.7 Å². The van der Waals surface area contributed by atoms with E-state index in [2.05, 4.69) is 24.1 Å². The zero-order valence-corrected chi connectivity index (χ0v) is 13.3. The highest BCUT2D eigenvalue weighted by Gasteiger charge is 2.29. The first-order valence-electron chi connectivity index (χ1n) is 7.94. The van der Waals surface area contributed by atoms with Gasteiger partial charge in [-0.25, -0.2) is 4.98 Å². The number of nitrogens with zero attached hydrogens (tertiary/aromatic N) is 2. The molecule has 1 amide bonds. The largest absolute Gasteiger partial charge is 0.545 e. The third-order valence-electron chi connectivity index (χ3n) is 3.98. The van der Waals surface area contributed by atoms with Crippen molar-refractivity contribution in [3.05, 3.63) is 29.6 Å². The molecule has 0 saturated heterocycles. The zero-order chi connectivity index (χ0) is 16.6. The SMILES string of the molecule is CC(C)Cn1c(CNC(=O)C2CC2)nc2cc(C(=O)[O-])ccc21. The Morgan fingerprint density at radius 3 is 2.74 bits per heavy atom. The average molecular weight is 314 g/mol. The molecule has 1 fully saturated rings. The van der Waals surface area contributed by atoms with Crippen LogP contribution in [0.2, 0.25) is 0 Å². The minimum Gasteiger partial charge on any atom is -0.545 e. The molecule has 0 radical (unpaired) electrons. The monoisotopic (exact) mass is 314 g/mol. The first kappa shape index (κ1) is 15.5. The first-order chi connectivity index (χ1) is 11.0. The summed E-state index contributed by atoms with van der Waals surface area (Å²) >= 11 is 0. The Balaban J connectivity index is 1.92. The molecule has 1 saturated carbocycles. The average Bonchev–Trinajstić information content (AvgIpc) is 3.29. The van der Waals surface area contributed by atoms with E-state index in [1.807, 2.05) is 4.57 Å². The van der Waals surface area contributed by atoms with Crippen LogP contribution in [0.3, 0.4) is 0 Å². The number of amides is 1. The normalized spacial score (nSPS) is 14.4. The van der Waals surface area contributed by atoms with Crippen molar-refractivity contribution in [2.24, 2.45) is 11.8 Å². The van der Waals surface area contributed by atoms with Gasteiger partial charge >= 0.3 is 0 Å². The lowest BCUT2D eigenvalue weighted by atomic mass is 10.2. The third-order valence-corrected chi connectivity index (χ3v) is 3.98. The standard InChI is InChI=1S/C17H21N3O3/c1-10(2)9-20-14-6-5-12(17(22)23)7-13(14)19-15(20)8-18-16(21)11-3-4-11/h5-7,10-11H,3-4,8-9H2,1-2H3,(H,18,21)(H,22,23)/p-1. The van der Waals surface area contributed by atoms with Crippen LogP contribution in [0.5, 0.6) is 0 Å². The summed E-state index contributed by atoms with van der Waals surface area (Å²) in [6, 6.07) is 4.80. The van der Waals surface area contributed by atoms with Gasteiger partial charge in [-0.05, 0) is 36.5 Å². The molecule has 1 N–H and O–H groups in total. The number of fused-ring (bicyclic) bond motifs is 1. The molecule has 122 valence electrons. The fraction of sp³-hybridized carbons (Fsp3) is 0.471. The van der Waals surface area contributed by atoms with E-state index in [0.29, 0.717) is 18.0 Å². The number of nitrogens with one attached hydrogen (secondary N) is 1. The molecule has 0 unspecified atom stereocenters. The van der Waals surface area contributed by atoms with Crippen LogP contribution in [0.4, 0.5) is 0 Å². The lowest BCUT2D eigenvalue weighted by Crippen LogP contribution is -2.26. The molecular formula is C17H20N3O3-. The van der Waals surface area contributed by atoms with E-state index in [4.69, 9.17) is 0 Å². The molecule has 2 aromatic rings. The fourth-order valence-corrected chi connectivity index (χ4v) is 2.67. The lowest BCUT2D eigenvalue weighted by Gasteiger charge is -2.12. The van der Waals surface area contributed by atoms with Crippen LogP contribution in [0.15, 0.2) is 18.2 Å². The Labute approximate surface area is 134 Å². The predicted octanol–water partition coefficient (Wildman–Crippen LogP) is 1.08. The maximum absolute atomic E-state index is 11.8. The van der Waals surface area contributed by atoms with Gasteiger partial charge < -0.3 is 19.8 Å². The van der Waals surface area contributed by atoms with Gasteiger partial charge in [0.25, 0.3) is 0 Å². The van der Waals surface area contributed by atoms with E-state index in [-0.39, 0.29) is 17.4 Å². The molecule has 23 heavy (non-hydrogen) atoms. The van der Waals surface area contributed by atoms with E-state index >= 15 is 0 Å². The molecule has 0 bridgehead atoms. The van der Waals surface area contributed by atoms with Crippen LogP contribution in [0, 0.1) is 11.8 Å². The molecule has 1 heterocycles. The van der Waals surface area contributed by atoms with Crippen molar-refractivity contribution >= 4 is 22.9 Å². The number of aromatic carboxylic acids is 1. The number of hydrogen-bond donors (Lipinski definition) is 1. The van der Waals surface area contributed by atoms with Crippen LogP contribution in [-0.4, -0.2) is 21.4 Å². The van der Waals surface area contributed by atoms with Gasteiger partial charge in [-0.15, -0.1) is 0 Å². The third kappa shape index (κ3) is 3.36. The number of rotatable bonds is 6. The Morgan fingerprint density at radius 1 is 1.39 bits per heavy atom. The topological polar surface area (TPSA) is 87.0 Å². The second-order valence-electron chi connectivity index (χ2n) is 6.52. The smallest absolute Gasteiger partial charge is 0.223 e. The molecule has 1 aliphatic rings. The van der Waals surface area contributed by atoms with E-state index in [0.717, 1.165) is 30.7 Å². The minimum absolute atomic E-state index is 0.0728. The fourth-order valence-electron chi connectivity index (χ4n) is 2.67. The van der Waals surface area contributed by atoms with Crippen LogP contribution in [-0.2, 0) is 17.9 Å². The Morgan fingerprint density at radius 2 is 2.13 bits per heavy atom. The summed E-state index contributed by atoms with van der Waals surface area (Å²) in [5.74, 6) is 0.171. The molecule has 1 aromatic carbocycles. The second-order valence-corrected chi connectivity index (χ2v) is 6.52. The van der Waals surface area contributed by atoms with Gasteiger partial charge in [0.15, 0.2) is 0 Å². The Bertz CT molecular complexity index is 760. The summed E-state index contributed by atoms with van der Waals surface area (Å²) in [6.45, 7) is 5.33. The van der Waals surface area contributed by atoms with Gasteiger partial charge in [-0.1, -0.05) is 19.9 Å². The van der Waals surface area contributed by atoms with Crippen molar-refractivity contribution in [2.45, 2.75) is 39.8 Å². The van der Waals surface area contributed by atoms with Crippen molar-refractivity contribution in [3.8, 4) is 0 Å². The van der Waals surface area contributed by atoms with Crippen molar-refractivity contribution in [2.75, 3.05) is 0 Å². The molecule has 1 aliphatic carbocycles. The number of carbonyl (C=O) groups excluding carboxylic acids is 2. The second kappa shape index (κ2) is 6.02. The van der Waals surface area contributed by atoms with E-state index < -0.39 is 5.97 Å². The molecular weight excluding hydrogens is 294 g/mol. The summed E-state index contributed by atoms with van der Waals surface area (Å²) < 4.78 is 2.05. The quantitative estimate of drug-likeness (QED) is 0.864. The Kier molecular flexibility index (Phi) is 4.07. The number of benzene rings is 1. The molecule has 0 spiro atoms. The number of imidazole rings is 1. The van der Waals surface area contributed by atoms with Crippen molar-refractivity contribution in [1.82, 2.24) is 14.9 Å². The predicted molar refractivity (Wildman–Crippen MR) is 83.5 cm³/mol. The van der Waals surface area contributed by atoms with Crippen LogP contribution < -0.4 is 10.4 Å². The lowest BCUT2D eigenvalue weighted by molar-refractivity contribution is -0.255. The molecule has 3 rings (SSSR count). The van der Waals surface area contributed by atoms with Gasteiger partial charge in [-0.3, -0.25) is 4.79 Å². The number of carboxylic acid groups (broad SMARTS) is 1. The van der Waals surface area contributed by atoms with E-state index in [1.54, 1.807) is 6.07 Å². The van der Waals surface area contributed by atoms with Crippen LogP contribution in [0.1, 0.15) is 42.9 Å². The van der Waals surface area contributed by atoms with Gasteiger partial charge in [0.1, 0.15) is 5.82 Å². The van der Waals surface area contributed by atoms with Gasteiger partial charge in [0.2, 0.25) is 5.91 Å². The number of aromatic nitrogens is 2. The van der Waals surface area contributed by atoms with Crippen LogP contribution in [0.25, 0.3) is 11.0 Å². The molecule has 1 aromatic heterocycles. The highest BCUT2D eigenvalue weighted by Crippen LogP contribution is 2.29. The highest BCUT2D eigenvalue weighted by molar-refractivity contribution is 5.91. The minimum atomic E-state index is -1.21. The number of carboxylic acids is 1. The zero-order valence-electron chi connectivity index (χ0n) is 13.3. The summed E-state index contributed by atoms with van der Waals surface area (Å²) in [6.07, 6.45) is 1.92. The maximum atomic E-state index is 11.8. The van der Waals surface area contributed by atoms with Crippen molar-refractivity contribution in [1.29, 1.82) is 0 Å². The molecule has 0 atom stereocenters. The summed E-state index contributed by atoms with van der Waals surface area (Å²) in [7, 11) is 0. The van der Waals surface area contributed by atoms with Gasteiger partial charge in [0, 0.05) is 12.5 Å². The van der Waals surface area contributed by atoms with Gasteiger partial charge in [-0.2, -0.15) is 0 Å². The van der Waals surface area contributed by atoms with Gasteiger partial charge in [0.05, 0.1) is 23.5 Å². The highest BCUT2D eigenvalue weighted by atomic mass is 16.4. The summed E-state index contributed by atoms with van der Waals surface area (Å²) in [5, 5.41) is 13.9. The van der Waals surface area contributed by atoms with Crippen molar-refractivity contribution in [3.63, 3.8) is 0 Å². The van der Waals surface area contributed by atoms with Crippen molar-refractivity contribution < 1.29 is 14.7 Å². The molecule has 6 nitrogen and oxygen atoms in total. The first-order valence-corrected chi connectivity index (χ1v) is 7.94. The summed E-state index contributed by atoms with van der Waals surface area (Å²) in [5.41, 5.74) is 1.60.